The molecule has 2 aromatic rings. The fourth-order valence-corrected chi connectivity index (χ4v) is 4.74. The number of nitrogens with one attached hydrogen (secondary N) is 1. The molecule has 8 heteroatoms. The fraction of sp³-hybridized carbons (Fsp3) is 0.0909. The van der Waals surface area contributed by atoms with Crippen LogP contribution in [0.5, 0.6) is 0 Å². The summed E-state index contributed by atoms with van der Waals surface area (Å²) in [7, 11) is -3.72. The maximum atomic E-state index is 12.2. The van der Waals surface area contributed by atoms with E-state index in [1.54, 1.807) is 23.6 Å². The topological polar surface area (TPSA) is 66.4 Å². The number of sulfonamides is 1. The quantitative estimate of drug-likeness (QED) is 0.851. The molecule has 0 saturated carbocycles. The molecule has 0 radical (unpaired) electrons. The van der Waals surface area contributed by atoms with Gasteiger partial charge in [-0.2, -0.15) is 0 Å². The number of aliphatic hydroxyl groups excluding tert-OH is 1. The molecule has 1 aromatic carbocycles. The van der Waals surface area contributed by atoms with E-state index in [2.05, 4.69) is 20.7 Å². The van der Waals surface area contributed by atoms with E-state index >= 15 is 0 Å². The van der Waals surface area contributed by atoms with Crippen LogP contribution in [0.25, 0.3) is 0 Å². The summed E-state index contributed by atoms with van der Waals surface area (Å²) in [5, 5.41) is 11.2. The highest BCUT2D eigenvalue weighted by Gasteiger charge is 2.20. The molecule has 0 aliphatic carbocycles. The largest absolute Gasteiger partial charge is 0.391 e. The predicted molar refractivity (Wildman–Crippen MR) is 80.2 cm³/mol. The number of aliphatic hydroxyl groups is 1. The van der Waals surface area contributed by atoms with Crippen molar-refractivity contribution in [1.29, 1.82) is 0 Å². The van der Waals surface area contributed by atoms with Gasteiger partial charge in [-0.25, -0.2) is 8.42 Å². The Labute approximate surface area is 128 Å². The highest BCUT2D eigenvalue weighted by Crippen LogP contribution is 2.29. The average molecular weight is 383 g/mol. The van der Waals surface area contributed by atoms with Gasteiger partial charge in [0.2, 0.25) is 0 Å². The van der Waals surface area contributed by atoms with Gasteiger partial charge in [0.15, 0.2) is 0 Å². The van der Waals surface area contributed by atoms with Crippen molar-refractivity contribution >= 4 is 54.6 Å². The zero-order valence-corrected chi connectivity index (χ0v) is 13.4. The number of anilines is 1. The van der Waals surface area contributed by atoms with Gasteiger partial charge in [-0.1, -0.05) is 11.6 Å². The Morgan fingerprint density at radius 1 is 1.37 bits per heavy atom. The number of benzene rings is 1. The van der Waals surface area contributed by atoms with E-state index in [1.165, 1.54) is 17.4 Å². The molecule has 2 rings (SSSR count). The first kappa shape index (κ1) is 14.8. The zero-order chi connectivity index (χ0) is 14.0. The maximum absolute atomic E-state index is 12.2. The van der Waals surface area contributed by atoms with Crippen LogP contribution < -0.4 is 4.72 Å². The molecule has 0 saturated heterocycles. The number of hydrogen-bond donors (Lipinski definition) is 2. The molecular formula is C11H9BrClNO3S2. The number of hydrogen-bond acceptors (Lipinski definition) is 4. The van der Waals surface area contributed by atoms with E-state index in [-0.39, 0.29) is 11.5 Å². The third kappa shape index (κ3) is 3.29. The van der Waals surface area contributed by atoms with Crippen LogP contribution in [0.2, 0.25) is 5.02 Å². The van der Waals surface area contributed by atoms with Crippen LogP contribution in [0.1, 0.15) is 4.88 Å². The molecule has 1 aromatic heterocycles. The molecule has 19 heavy (non-hydrogen) atoms. The molecule has 0 aliphatic rings. The van der Waals surface area contributed by atoms with Gasteiger partial charge in [-0.3, -0.25) is 4.72 Å². The van der Waals surface area contributed by atoms with Crippen LogP contribution in [0.3, 0.4) is 0 Å². The molecule has 4 nitrogen and oxygen atoms in total. The highest BCUT2D eigenvalue weighted by molar-refractivity contribution is 9.10. The summed E-state index contributed by atoms with van der Waals surface area (Å²) in [4.78, 5) is 0.486. The lowest BCUT2D eigenvalue weighted by Gasteiger charge is -2.10. The second-order valence-corrected chi connectivity index (χ2v) is 7.54. The van der Waals surface area contributed by atoms with Crippen LogP contribution in [-0.4, -0.2) is 13.5 Å². The molecule has 0 amide bonds. The minimum Gasteiger partial charge on any atom is -0.391 e. The molecule has 0 bridgehead atoms. The van der Waals surface area contributed by atoms with Crippen molar-refractivity contribution in [2.24, 2.45) is 0 Å². The lowest BCUT2D eigenvalue weighted by Crippen LogP contribution is -2.14. The van der Waals surface area contributed by atoms with Crippen molar-refractivity contribution in [3.63, 3.8) is 0 Å². The van der Waals surface area contributed by atoms with Crippen molar-refractivity contribution in [3.8, 4) is 0 Å². The van der Waals surface area contributed by atoms with Crippen LogP contribution in [0, 0.1) is 0 Å². The second-order valence-electron chi connectivity index (χ2n) is 3.60. The van der Waals surface area contributed by atoms with E-state index in [9.17, 15) is 8.42 Å². The average Bonchev–Trinajstić information content (AvgIpc) is 2.82. The van der Waals surface area contributed by atoms with Gasteiger partial charge in [0.1, 0.15) is 4.90 Å². The zero-order valence-electron chi connectivity index (χ0n) is 9.43. The number of rotatable bonds is 4. The normalized spacial score (nSPS) is 11.5. The number of thiophene rings is 1. The summed E-state index contributed by atoms with van der Waals surface area (Å²) in [6.45, 7) is -0.310. The SMILES string of the molecule is O=S(=O)(Nc1ccc(Cl)cc1Br)c1ccsc1CO. The summed E-state index contributed by atoms with van der Waals surface area (Å²) in [5.74, 6) is 0. The van der Waals surface area contributed by atoms with E-state index in [0.717, 1.165) is 0 Å². The first-order chi connectivity index (χ1) is 8.94. The molecule has 0 aliphatic heterocycles. The van der Waals surface area contributed by atoms with Gasteiger partial charge in [-0.05, 0) is 45.6 Å². The molecule has 0 spiro atoms. The smallest absolute Gasteiger partial charge is 0.263 e. The van der Waals surface area contributed by atoms with E-state index in [0.29, 0.717) is 20.1 Å². The first-order valence-corrected chi connectivity index (χ1v) is 8.62. The van der Waals surface area contributed by atoms with Crippen LogP contribution in [-0.2, 0) is 16.6 Å². The van der Waals surface area contributed by atoms with Gasteiger partial charge in [0.25, 0.3) is 10.0 Å². The Kier molecular flexibility index (Phi) is 4.52. The third-order valence-electron chi connectivity index (χ3n) is 2.31. The third-order valence-corrected chi connectivity index (χ3v) is 5.69. The van der Waals surface area contributed by atoms with E-state index < -0.39 is 10.0 Å². The van der Waals surface area contributed by atoms with Gasteiger partial charge < -0.3 is 5.11 Å². The summed E-state index contributed by atoms with van der Waals surface area (Å²) in [5.41, 5.74) is 0.388. The van der Waals surface area contributed by atoms with Crippen LogP contribution >= 0.6 is 38.9 Å². The Morgan fingerprint density at radius 3 is 2.74 bits per heavy atom. The number of halogens is 2. The molecule has 102 valence electrons. The molecule has 2 N–H and O–H groups in total. The van der Waals surface area contributed by atoms with Crippen molar-refractivity contribution in [3.05, 3.63) is 44.0 Å². The van der Waals surface area contributed by atoms with Gasteiger partial charge in [0, 0.05) is 9.50 Å². The van der Waals surface area contributed by atoms with Gasteiger partial charge in [-0.15, -0.1) is 11.3 Å². The second kappa shape index (κ2) is 5.80. The van der Waals surface area contributed by atoms with Crippen LogP contribution in [0.15, 0.2) is 39.0 Å². The Bertz CT molecular complexity index is 700. The van der Waals surface area contributed by atoms with Crippen molar-refractivity contribution in [2.75, 3.05) is 4.72 Å². The summed E-state index contributed by atoms with van der Waals surface area (Å²) >= 11 is 10.2. The Morgan fingerprint density at radius 2 is 2.11 bits per heavy atom. The van der Waals surface area contributed by atoms with Gasteiger partial charge in [0.05, 0.1) is 17.2 Å². The minimum absolute atomic E-state index is 0.0850. The summed E-state index contributed by atoms with van der Waals surface area (Å²) < 4.78 is 27.4. The van der Waals surface area contributed by atoms with Crippen LogP contribution in [0.4, 0.5) is 5.69 Å². The first-order valence-electron chi connectivity index (χ1n) is 5.09. The Hall–Kier alpha value is -0.600. The molecule has 0 fully saturated rings. The summed E-state index contributed by atoms with van der Waals surface area (Å²) in [6, 6.07) is 6.21. The van der Waals surface area contributed by atoms with E-state index in [1.807, 2.05) is 0 Å². The molecule has 0 atom stereocenters. The maximum Gasteiger partial charge on any atom is 0.263 e. The van der Waals surface area contributed by atoms with E-state index in [4.69, 9.17) is 16.7 Å². The van der Waals surface area contributed by atoms with Crippen molar-refractivity contribution in [2.45, 2.75) is 11.5 Å². The fourth-order valence-electron chi connectivity index (χ4n) is 1.46. The molecule has 0 unspecified atom stereocenters. The monoisotopic (exact) mass is 381 g/mol. The van der Waals surface area contributed by atoms with Crippen molar-refractivity contribution in [1.82, 2.24) is 0 Å². The highest BCUT2D eigenvalue weighted by atomic mass is 79.9. The predicted octanol–water partition coefficient (Wildman–Crippen LogP) is 3.46. The Balaban J connectivity index is 2.37. The van der Waals surface area contributed by atoms with Crippen molar-refractivity contribution < 1.29 is 13.5 Å². The summed E-state index contributed by atoms with van der Waals surface area (Å²) in [6.07, 6.45) is 0. The standard InChI is InChI=1S/C11H9BrClNO3S2/c12-8-5-7(13)1-2-9(8)14-19(16,17)11-3-4-18-10(11)6-15/h1-5,14-15H,6H2. The minimum atomic E-state index is -3.72. The lowest BCUT2D eigenvalue weighted by molar-refractivity contribution is 0.282. The lowest BCUT2D eigenvalue weighted by atomic mass is 10.3. The van der Waals surface area contributed by atoms with Gasteiger partial charge >= 0.3 is 0 Å². The molecular weight excluding hydrogens is 374 g/mol. The molecule has 1 heterocycles.